The number of nitrogens with zero attached hydrogens (tertiary/aromatic N) is 2. The van der Waals surface area contributed by atoms with Gasteiger partial charge in [-0.2, -0.15) is 0 Å². The van der Waals surface area contributed by atoms with E-state index in [1.165, 1.54) is 19.4 Å². The molecule has 2 aliphatic heterocycles. The number of nitrogens with one attached hydrogen (secondary N) is 1. The summed E-state index contributed by atoms with van der Waals surface area (Å²) in [6, 6.07) is 5.77. The highest BCUT2D eigenvalue weighted by molar-refractivity contribution is 14.0. The largest absolute Gasteiger partial charge is 0.490 e. The lowest BCUT2D eigenvalue weighted by Gasteiger charge is -2.30. The Balaban J connectivity index is 0.00000225. The van der Waals surface area contributed by atoms with Crippen LogP contribution in [0.5, 0.6) is 11.5 Å². The van der Waals surface area contributed by atoms with E-state index in [1.807, 2.05) is 18.2 Å². The third kappa shape index (κ3) is 5.91. The SMILES string of the molecule is CCN1CCCC(CN=C(N)Nc2ccc3c(c2)OCCCO3)C1.I. The maximum Gasteiger partial charge on any atom is 0.193 e. The summed E-state index contributed by atoms with van der Waals surface area (Å²) in [7, 11) is 0. The van der Waals surface area contributed by atoms with Crippen molar-refractivity contribution in [3.63, 3.8) is 0 Å². The molecule has 1 atom stereocenters. The zero-order valence-electron chi connectivity index (χ0n) is 14.9. The van der Waals surface area contributed by atoms with Crippen LogP contribution in [-0.4, -0.2) is 50.3 Å². The molecule has 0 aromatic heterocycles. The summed E-state index contributed by atoms with van der Waals surface area (Å²) in [6.07, 6.45) is 3.39. The average molecular weight is 460 g/mol. The molecule has 3 N–H and O–H groups in total. The van der Waals surface area contributed by atoms with E-state index >= 15 is 0 Å². The van der Waals surface area contributed by atoms with Crippen LogP contribution in [-0.2, 0) is 0 Å². The second kappa shape index (κ2) is 10.1. The minimum absolute atomic E-state index is 0. The van der Waals surface area contributed by atoms with Crippen LogP contribution in [0.1, 0.15) is 26.2 Å². The molecule has 3 rings (SSSR count). The lowest BCUT2D eigenvalue weighted by Crippen LogP contribution is -2.36. The summed E-state index contributed by atoms with van der Waals surface area (Å²) < 4.78 is 11.3. The fraction of sp³-hybridized carbons (Fsp3) is 0.611. The summed E-state index contributed by atoms with van der Waals surface area (Å²) in [5, 5.41) is 3.16. The maximum absolute atomic E-state index is 6.05. The van der Waals surface area contributed by atoms with Crippen molar-refractivity contribution in [1.29, 1.82) is 0 Å². The molecule has 140 valence electrons. The third-order valence-electron chi connectivity index (χ3n) is 4.59. The summed E-state index contributed by atoms with van der Waals surface area (Å²) in [5.74, 6) is 2.60. The number of benzene rings is 1. The number of anilines is 1. The van der Waals surface area contributed by atoms with Gasteiger partial charge in [-0.15, -0.1) is 24.0 Å². The normalized spacial score (nSPS) is 21.2. The molecule has 1 saturated heterocycles. The molecule has 0 radical (unpaired) electrons. The minimum Gasteiger partial charge on any atom is -0.490 e. The highest BCUT2D eigenvalue weighted by atomic mass is 127. The molecular weight excluding hydrogens is 431 g/mol. The molecule has 0 aliphatic carbocycles. The number of nitrogens with two attached hydrogens (primary N) is 1. The van der Waals surface area contributed by atoms with Gasteiger partial charge < -0.3 is 25.4 Å². The first-order valence-corrected chi connectivity index (χ1v) is 8.93. The predicted octanol–water partition coefficient (Wildman–Crippen LogP) is 2.92. The fourth-order valence-corrected chi connectivity index (χ4v) is 3.24. The average Bonchev–Trinajstić information content (AvgIpc) is 2.85. The van der Waals surface area contributed by atoms with Crippen molar-refractivity contribution in [1.82, 2.24) is 4.90 Å². The van der Waals surface area contributed by atoms with Crippen LogP contribution >= 0.6 is 24.0 Å². The molecule has 1 aromatic carbocycles. The van der Waals surface area contributed by atoms with Gasteiger partial charge in [0.1, 0.15) is 0 Å². The van der Waals surface area contributed by atoms with Crippen molar-refractivity contribution in [2.45, 2.75) is 26.2 Å². The molecule has 25 heavy (non-hydrogen) atoms. The molecule has 0 amide bonds. The first kappa shape index (κ1) is 20.1. The second-order valence-electron chi connectivity index (χ2n) is 6.46. The Labute approximate surface area is 167 Å². The van der Waals surface area contributed by atoms with E-state index < -0.39 is 0 Å². The highest BCUT2D eigenvalue weighted by Gasteiger charge is 2.18. The standard InChI is InChI=1S/C18H28N4O2.HI/c1-2-22-8-3-5-14(13-22)12-20-18(19)21-15-6-7-16-17(11-15)24-10-4-9-23-16;/h6-7,11,14H,2-5,8-10,12-13H2,1H3,(H3,19,20,21);1H. The lowest BCUT2D eigenvalue weighted by atomic mass is 9.98. The second-order valence-corrected chi connectivity index (χ2v) is 6.46. The quantitative estimate of drug-likeness (QED) is 0.411. The molecule has 0 saturated carbocycles. The molecule has 1 aromatic rings. The van der Waals surface area contributed by atoms with Crippen LogP contribution < -0.4 is 20.5 Å². The van der Waals surface area contributed by atoms with Gasteiger partial charge in [0, 0.05) is 31.3 Å². The van der Waals surface area contributed by atoms with E-state index in [9.17, 15) is 0 Å². The summed E-state index contributed by atoms with van der Waals surface area (Å²) in [6.45, 7) is 7.81. The monoisotopic (exact) mass is 460 g/mol. The van der Waals surface area contributed by atoms with Crippen LogP contribution in [0.2, 0.25) is 0 Å². The number of likely N-dealkylation sites (tertiary alicyclic amines) is 1. The minimum atomic E-state index is 0. The Morgan fingerprint density at radius 2 is 2.08 bits per heavy atom. The van der Waals surface area contributed by atoms with Gasteiger partial charge in [-0.3, -0.25) is 4.99 Å². The van der Waals surface area contributed by atoms with Crippen molar-refractivity contribution >= 4 is 35.6 Å². The smallest absolute Gasteiger partial charge is 0.193 e. The molecule has 6 nitrogen and oxygen atoms in total. The van der Waals surface area contributed by atoms with E-state index in [2.05, 4.69) is 22.1 Å². The van der Waals surface area contributed by atoms with E-state index in [1.54, 1.807) is 0 Å². The van der Waals surface area contributed by atoms with Gasteiger partial charge >= 0.3 is 0 Å². The molecule has 7 heteroatoms. The number of hydrogen-bond donors (Lipinski definition) is 2. The molecular formula is C18H29IN4O2. The zero-order chi connectivity index (χ0) is 16.8. The van der Waals surface area contributed by atoms with Crippen molar-refractivity contribution < 1.29 is 9.47 Å². The van der Waals surface area contributed by atoms with E-state index in [0.717, 1.165) is 43.2 Å². The van der Waals surface area contributed by atoms with Gasteiger partial charge in [-0.05, 0) is 44.0 Å². The number of ether oxygens (including phenoxy) is 2. The van der Waals surface area contributed by atoms with E-state index in [4.69, 9.17) is 15.2 Å². The topological polar surface area (TPSA) is 72.1 Å². The van der Waals surface area contributed by atoms with Crippen molar-refractivity contribution in [2.75, 3.05) is 44.7 Å². The van der Waals surface area contributed by atoms with Crippen LogP contribution in [0.4, 0.5) is 5.69 Å². The van der Waals surface area contributed by atoms with Crippen LogP contribution in [0.15, 0.2) is 23.2 Å². The number of guanidine groups is 1. The highest BCUT2D eigenvalue weighted by Crippen LogP contribution is 2.32. The van der Waals surface area contributed by atoms with Gasteiger partial charge in [0.05, 0.1) is 13.2 Å². The van der Waals surface area contributed by atoms with Crippen molar-refractivity contribution in [3.05, 3.63) is 18.2 Å². The first-order chi connectivity index (χ1) is 11.7. The Hall–Kier alpha value is -1.22. The summed E-state index contributed by atoms with van der Waals surface area (Å²) >= 11 is 0. The van der Waals surface area contributed by atoms with Gasteiger partial charge in [0.15, 0.2) is 17.5 Å². The molecule has 1 unspecified atom stereocenters. The maximum atomic E-state index is 6.05. The van der Waals surface area contributed by atoms with Gasteiger partial charge in [-0.25, -0.2) is 0 Å². The number of fused-ring (bicyclic) bond motifs is 1. The predicted molar refractivity (Wildman–Crippen MR) is 112 cm³/mol. The number of hydrogen-bond acceptors (Lipinski definition) is 4. The number of rotatable bonds is 4. The van der Waals surface area contributed by atoms with Crippen molar-refractivity contribution in [3.8, 4) is 11.5 Å². The van der Waals surface area contributed by atoms with E-state index in [0.29, 0.717) is 25.1 Å². The Bertz CT molecular complexity index is 582. The third-order valence-corrected chi connectivity index (χ3v) is 4.59. The zero-order valence-corrected chi connectivity index (χ0v) is 17.2. The molecule has 0 bridgehead atoms. The molecule has 0 spiro atoms. The molecule has 1 fully saturated rings. The number of halogens is 1. The number of piperidine rings is 1. The lowest BCUT2D eigenvalue weighted by molar-refractivity contribution is 0.187. The first-order valence-electron chi connectivity index (χ1n) is 8.93. The molecule has 2 heterocycles. The van der Waals surface area contributed by atoms with Crippen LogP contribution in [0.3, 0.4) is 0 Å². The Morgan fingerprint density at radius 3 is 2.88 bits per heavy atom. The molecule has 2 aliphatic rings. The van der Waals surface area contributed by atoms with Gasteiger partial charge in [0.25, 0.3) is 0 Å². The fourth-order valence-electron chi connectivity index (χ4n) is 3.24. The summed E-state index contributed by atoms with van der Waals surface area (Å²) in [5.41, 5.74) is 6.92. The summed E-state index contributed by atoms with van der Waals surface area (Å²) in [4.78, 5) is 7.01. The van der Waals surface area contributed by atoms with Gasteiger partial charge in [0.2, 0.25) is 0 Å². The van der Waals surface area contributed by atoms with Crippen LogP contribution in [0.25, 0.3) is 0 Å². The van der Waals surface area contributed by atoms with Crippen molar-refractivity contribution in [2.24, 2.45) is 16.6 Å². The van der Waals surface area contributed by atoms with Crippen LogP contribution in [0, 0.1) is 5.92 Å². The Kier molecular flexibility index (Phi) is 8.08. The van der Waals surface area contributed by atoms with Gasteiger partial charge in [-0.1, -0.05) is 6.92 Å². The number of aliphatic imine (C=N–C) groups is 1. The Morgan fingerprint density at radius 1 is 1.28 bits per heavy atom. The van der Waals surface area contributed by atoms with E-state index in [-0.39, 0.29) is 24.0 Å².